The molecule has 37 heavy (non-hydrogen) atoms. The summed E-state index contributed by atoms with van der Waals surface area (Å²) in [6, 6.07) is 6.51. The second-order valence-corrected chi connectivity index (χ2v) is 8.53. The molecule has 3 rings (SSSR count). The fourth-order valence-corrected chi connectivity index (χ4v) is 3.50. The minimum Gasteiger partial charge on any atom is -0.399 e. The van der Waals surface area contributed by atoms with Crippen molar-refractivity contribution in [1.29, 1.82) is 5.41 Å². The molecule has 0 bridgehead atoms. The van der Waals surface area contributed by atoms with Crippen molar-refractivity contribution < 1.29 is 22.4 Å². The predicted molar refractivity (Wildman–Crippen MR) is 131 cm³/mol. The van der Waals surface area contributed by atoms with Crippen LogP contribution in [0.25, 0.3) is 11.3 Å². The van der Waals surface area contributed by atoms with E-state index in [-0.39, 0.29) is 40.9 Å². The van der Waals surface area contributed by atoms with Crippen molar-refractivity contribution >= 4 is 23.2 Å². The summed E-state index contributed by atoms with van der Waals surface area (Å²) in [7, 11) is 0. The molecule has 13 heteroatoms. The Morgan fingerprint density at radius 3 is 2.49 bits per heavy atom. The van der Waals surface area contributed by atoms with Crippen LogP contribution in [0.1, 0.15) is 30.5 Å². The molecule has 1 aromatic heterocycles. The SMILES string of the molecule is CC(C)Nc1ncc(-c2cc(N)cc(C(F)(F)F)c2)n(CC(=O)NCc2ccc(C(=N)N)c(F)c2)c1=O. The molecule has 0 radical (unpaired) electrons. The third-order valence-corrected chi connectivity index (χ3v) is 5.17. The van der Waals surface area contributed by atoms with Gasteiger partial charge in [-0.2, -0.15) is 13.2 Å². The molecule has 7 N–H and O–H groups in total. The molecule has 0 saturated heterocycles. The number of nitrogens with two attached hydrogens (primary N) is 2. The lowest BCUT2D eigenvalue weighted by molar-refractivity contribution is -0.137. The number of hydrogen-bond acceptors (Lipinski definition) is 6. The lowest BCUT2D eigenvalue weighted by Crippen LogP contribution is -2.35. The zero-order valence-electron chi connectivity index (χ0n) is 19.9. The first kappa shape index (κ1) is 27.2. The number of amides is 1. The number of amidine groups is 1. The topological polar surface area (TPSA) is 152 Å². The van der Waals surface area contributed by atoms with Crippen LogP contribution in [0.3, 0.4) is 0 Å². The molecule has 196 valence electrons. The number of anilines is 2. The van der Waals surface area contributed by atoms with Gasteiger partial charge in [0.1, 0.15) is 18.2 Å². The standard InChI is InChI=1S/C24H25F4N7O2/c1-12(2)34-22-23(37)35(11-20(36)32-9-13-3-4-17(21(30)31)18(25)5-13)19(10-33-22)14-6-15(24(26,27)28)8-16(29)7-14/h3-8,10,12H,9,11,29H2,1-2H3,(H3,30,31)(H,32,36)(H,33,34). The van der Waals surface area contributed by atoms with E-state index >= 15 is 0 Å². The van der Waals surface area contributed by atoms with Gasteiger partial charge in [-0.1, -0.05) is 6.07 Å². The predicted octanol–water partition coefficient (Wildman–Crippen LogP) is 3.07. The van der Waals surface area contributed by atoms with Crippen molar-refractivity contribution in [1.82, 2.24) is 14.9 Å². The van der Waals surface area contributed by atoms with Gasteiger partial charge in [-0.25, -0.2) is 9.37 Å². The summed E-state index contributed by atoms with van der Waals surface area (Å²) >= 11 is 0. The van der Waals surface area contributed by atoms with E-state index in [9.17, 15) is 27.2 Å². The maximum absolute atomic E-state index is 14.1. The molecule has 0 aliphatic heterocycles. The number of hydrogen-bond donors (Lipinski definition) is 5. The quantitative estimate of drug-likeness (QED) is 0.134. The van der Waals surface area contributed by atoms with Gasteiger partial charge in [-0.15, -0.1) is 0 Å². The van der Waals surface area contributed by atoms with E-state index in [0.717, 1.165) is 22.8 Å². The highest BCUT2D eigenvalue weighted by Crippen LogP contribution is 2.34. The van der Waals surface area contributed by atoms with Crippen LogP contribution in [0.2, 0.25) is 0 Å². The summed E-state index contributed by atoms with van der Waals surface area (Å²) in [5.41, 5.74) is 9.21. The van der Waals surface area contributed by atoms with Gasteiger partial charge in [0.2, 0.25) is 5.91 Å². The summed E-state index contributed by atoms with van der Waals surface area (Å²) < 4.78 is 55.2. The van der Waals surface area contributed by atoms with Crippen LogP contribution >= 0.6 is 0 Å². The first-order valence-corrected chi connectivity index (χ1v) is 11.0. The molecule has 0 aliphatic rings. The van der Waals surface area contributed by atoms with Crippen molar-refractivity contribution in [3.8, 4) is 11.3 Å². The van der Waals surface area contributed by atoms with E-state index in [0.29, 0.717) is 5.56 Å². The fourth-order valence-electron chi connectivity index (χ4n) is 3.50. The third kappa shape index (κ3) is 6.63. The molecule has 0 saturated carbocycles. The molecule has 2 aromatic carbocycles. The van der Waals surface area contributed by atoms with Gasteiger partial charge in [0.25, 0.3) is 5.56 Å². The molecule has 3 aromatic rings. The second-order valence-electron chi connectivity index (χ2n) is 8.53. The first-order valence-electron chi connectivity index (χ1n) is 11.0. The van der Waals surface area contributed by atoms with E-state index in [4.69, 9.17) is 16.9 Å². The second kappa shape index (κ2) is 10.7. The third-order valence-electron chi connectivity index (χ3n) is 5.17. The molecule has 0 atom stereocenters. The molecule has 0 unspecified atom stereocenters. The van der Waals surface area contributed by atoms with Crippen molar-refractivity contribution in [3.05, 3.63) is 75.5 Å². The van der Waals surface area contributed by atoms with Crippen LogP contribution in [-0.2, 0) is 24.1 Å². The monoisotopic (exact) mass is 519 g/mol. The molecule has 0 aliphatic carbocycles. The van der Waals surface area contributed by atoms with Crippen molar-refractivity contribution in [3.63, 3.8) is 0 Å². The number of carbonyl (C=O) groups is 1. The van der Waals surface area contributed by atoms with Crippen LogP contribution < -0.4 is 27.7 Å². The largest absolute Gasteiger partial charge is 0.416 e. The minimum absolute atomic E-state index is 0.0517. The lowest BCUT2D eigenvalue weighted by Gasteiger charge is -2.17. The summed E-state index contributed by atoms with van der Waals surface area (Å²) in [6.07, 6.45) is -3.50. The Morgan fingerprint density at radius 1 is 1.19 bits per heavy atom. The van der Waals surface area contributed by atoms with E-state index in [1.807, 2.05) is 0 Å². The van der Waals surface area contributed by atoms with Gasteiger partial charge >= 0.3 is 6.18 Å². The molecule has 0 spiro atoms. The summed E-state index contributed by atoms with van der Waals surface area (Å²) in [5.74, 6) is -1.94. The van der Waals surface area contributed by atoms with Gasteiger partial charge in [-0.3, -0.25) is 19.6 Å². The number of alkyl halides is 3. The molecular formula is C24H25F4N7O2. The van der Waals surface area contributed by atoms with Gasteiger partial charge in [-0.05, 0) is 49.7 Å². The molecule has 1 amide bonds. The van der Waals surface area contributed by atoms with Crippen LogP contribution in [-0.4, -0.2) is 27.3 Å². The molecule has 0 fully saturated rings. The first-order chi connectivity index (χ1) is 17.3. The average molecular weight is 520 g/mol. The number of halogens is 4. The highest BCUT2D eigenvalue weighted by atomic mass is 19.4. The van der Waals surface area contributed by atoms with Gasteiger partial charge in [0, 0.05) is 23.8 Å². The van der Waals surface area contributed by atoms with Crippen molar-refractivity contribution in [2.45, 2.75) is 39.2 Å². The number of nitrogens with one attached hydrogen (secondary N) is 3. The maximum atomic E-state index is 14.1. The Kier molecular flexibility index (Phi) is 7.84. The Bertz CT molecular complexity index is 1400. The highest BCUT2D eigenvalue weighted by Gasteiger charge is 2.31. The van der Waals surface area contributed by atoms with E-state index < -0.39 is 41.4 Å². The number of nitrogen functional groups attached to an aromatic ring is 2. The van der Waals surface area contributed by atoms with E-state index in [2.05, 4.69) is 15.6 Å². The van der Waals surface area contributed by atoms with Crippen LogP contribution in [0.4, 0.5) is 29.1 Å². The summed E-state index contributed by atoms with van der Waals surface area (Å²) in [6.45, 7) is 2.84. The van der Waals surface area contributed by atoms with Gasteiger partial charge < -0.3 is 22.1 Å². The Hall–Kier alpha value is -4.42. The summed E-state index contributed by atoms with van der Waals surface area (Å²) in [4.78, 5) is 29.9. The lowest BCUT2D eigenvalue weighted by atomic mass is 10.1. The molecular weight excluding hydrogens is 494 g/mol. The Morgan fingerprint density at radius 2 is 1.89 bits per heavy atom. The average Bonchev–Trinajstić information content (AvgIpc) is 2.79. The van der Waals surface area contributed by atoms with Crippen molar-refractivity contribution in [2.24, 2.45) is 5.73 Å². The number of benzene rings is 2. The highest BCUT2D eigenvalue weighted by molar-refractivity contribution is 5.95. The fraction of sp³-hybridized carbons (Fsp3) is 0.250. The molecule has 9 nitrogen and oxygen atoms in total. The molecule has 1 heterocycles. The Labute approximate surface area is 209 Å². The number of carbonyl (C=O) groups excluding carboxylic acids is 1. The van der Waals surface area contributed by atoms with Crippen molar-refractivity contribution in [2.75, 3.05) is 11.1 Å². The zero-order valence-corrected chi connectivity index (χ0v) is 19.9. The zero-order chi connectivity index (χ0) is 27.5. The number of aromatic nitrogens is 2. The van der Waals surface area contributed by atoms with E-state index in [1.165, 1.54) is 24.4 Å². The van der Waals surface area contributed by atoms with Gasteiger partial charge in [0.05, 0.1) is 23.0 Å². The Balaban J connectivity index is 1.95. The van der Waals surface area contributed by atoms with Gasteiger partial charge in [0.15, 0.2) is 5.82 Å². The van der Waals surface area contributed by atoms with E-state index in [1.54, 1.807) is 13.8 Å². The maximum Gasteiger partial charge on any atom is 0.416 e. The van der Waals surface area contributed by atoms with Crippen LogP contribution in [0.15, 0.2) is 47.4 Å². The number of rotatable bonds is 8. The smallest absolute Gasteiger partial charge is 0.399 e. The summed E-state index contributed by atoms with van der Waals surface area (Å²) in [5, 5.41) is 12.7. The normalized spacial score (nSPS) is 11.4. The number of nitrogens with zero attached hydrogens (tertiary/aromatic N) is 2. The minimum atomic E-state index is -4.69. The van der Waals surface area contributed by atoms with Crippen LogP contribution in [0.5, 0.6) is 0 Å². The van der Waals surface area contributed by atoms with Crippen LogP contribution in [0, 0.1) is 11.2 Å².